The molecule has 0 aliphatic rings. The smallest absolute Gasteiger partial charge is 0.261 e. The lowest BCUT2D eigenvalue weighted by Gasteiger charge is -2.09. The number of hydrogen-bond acceptors (Lipinski definition) is 3. The molecule has 1 aromatic carbocycles. The van der Waals surface area contributed by atoms with Crippen molar-refractivity contribution in [3.05, 3.63) is 50.7 Å². The van der Waals surface area contributed by atoms with Gasteiger partial charge in [-0.1, -0.05) is 23.2 Å². The fraction of sp³-hybridized carbons (Fsp3) is 0.0833. The van der Waals surface area contributed by atoms with Gasteiger partial charge in [0.1, 0.15) is 4.60 Å². The van der Waals surface area contributed by atoms with Crippen LogP contribution in [0.2, 0.25) is 10.0 Å². The molecule has 0 unspecified atom stereocenters. The third-order valence-electron chi connectivity index (χ3n) is 2.47. The minimum absolute atomic E-state index is 0.0347. The van der Waals surface area contributed by atoms with Crippen molar-refractivity contribution >= 4 is 54.8 Å². The van der Waals surface area contributed by atoms with E-state index in [9.17, 15) is 8.42 Å². The van der Waals surface area contributed by atoms with Crippen LogP contribution in [0.1, 0.15) is 5.56 Å². The Hall–Kier alpha value is -0.820. The maximum absolute atomic E-state index is 12.2. The van der Waals surface area contributed by atoms with Crippen molar-refractivity contribution in [2.75, 3.05) is 4.72 Å². The molecular formula is C12H9BrCl2N2O2S. The van der Waals surface area contributed by atoms with Gasteiger partial charge in [0.2, 0.25) is 0 Å². The highest BCUT2D eigenvalue weighted by molar-refractivity contribution is 9.10. The van der Waals surface area contributed by atoms with E-state index in [0.29, 0.717) is 15.3 Å². The maximum atomic E-state index is 12.2. The summed E-state index contributed by atoms with van der Waals surface area (Å²) in [5.41, 5.74) is 1.19. The maximum Gasteiger partial charge on any atom is 0.261 e. The summed E-state index contributed by atoms with van der Waals surface area (Å²) < 4.78 is 27.5. The molecule has 2 rings (SSSR count). The first kappa shape index (κ1) is 15.6. The highest BCUT2D eigenvalue weighted by Crippen LogP contribution is 2.26. The minimum atomic E-state index is -3.73. The highest BCUT2D eigenvalue weighted by atomic mass is 79.9. The van der Waals surface area contributed by atoms with E-state index in [2.05, 4.69) is 25.6 Å². The summed E-state index contributed by atoms with van der Waals surface area (Å²) in [6.45, 7) is 1.81. The molecule has 0 spiro atoms. The number of hydrogen-bond donors (Lipinski definition) is 1. The molecule has 1 heterocycles. The predicted molar refractivity (Wildman–Crippen MR) is 83.9 cm³/mol. The zero-order chi connectivity index (χ0) is 14.9. The van der Waals surface area contributed by atoms with Crippen LogP contribution in [0, 0.1) is 6.92 Å². The van der Waals surface area contributed by atoms with Gasteiger partial charge in [0.05, 0.1) is 26.8 Å². The summed E-state index contributed by atoms with van der Waals surface area (Å²) in [5.74, 6) is 0. The summed E-state index contributed by atoms with van der Waals surface area (Å²) >= 11 is 14.8. The normalized spacial score (nSPS) is 11.4. The second kappa shape index (κ2) is 5.89. The molecule has 0 radical (unpaired) electrons. The molecule has 0 aliphatic heterocycles. The lowest BCUT2D eigenvalue weighted by Crippen LogP contribution is -2.13. The summed E-state index contributed by atoms with van der Waals surface area (Å²) in [4.78, 5) is 4.07. The first-order valence-electron chi connectivity index (χ1n) is 5.39. The number of halogens is 3. The molecule has 106 valence electrons. The number of nitrogens with zero attached hydrogens (tertiary/aromatic N) is 1. The van der Waals surface area contributed by atoms with E-state index in [1.165, 1.54) is 24.4 Å². The summed E-state index contributed by atoms with van der Waals surface area (Å²) in [6.07, 6.45) is 1.42. The Bertz CT molecular complexity index is 766. The van der Waals surface area contributed by atoms with Crippen LogP contribution in [0.4, 0.5) is 5.69 Å². The largest absolute Gasteiger partial charge is 0.278 e. The van der Waals surface area contributed by atoms with Crippen molar-refractivity contribution in [1.29, 1.82) is 0 Å². The standard InChI is InChI=1S/C12H9BrCl2N2O2S/c1-7-4-8(6-16-12(7)13)17-20(18,19)9-2-3-10(14)11(15)5-9/h2-6,17H,1H3. The third-order valence-corrected chi connectivity index (χ3v) is 5.42. The Morgan fingerprint density at radius 2 is 1.90 bits per heavy atom. The molecule has 20 heavy (non-hydrogen) atoms. The van der Waals surface area contributed by atoms with E-state index in [-0.39, 0.29) is 9.92 Å². The summed E-state index contributed by atoms with van der Waals surface area (Å²) in [6, 6.07) is 5.79. The van der Waals surface area contributed by atoms with Gasteiger partial charge in [-0.25, -0.2) is 13.4 Å². The van der Waals surface area contributed by atoms with Gasteiger partial charge in [-0.3, -0.25) is 4.72 Å². The van der Waals surface area contributed by atoms with Gasteiger partial charge < -0.3 is 0 Å². The minimum Gasteiger partial charge on any atom is -0.278 e. The van der Waals surface area contributed by atoms with E-state index < -0.39 is 10.0 Å². The number of sulfonamides is 1. The van der Waals surface area contributed by atoms with Crippen LogP contribution in [0.5, 0.6) is 0 Å². The fourth-order valence-corrected chi connectivity index (χ4v) is 3.11. The van der Waals surface area contributed by atoms with Crippen molar-refractivity contribution in [2.24, 2.45) is 0 Å². The third kappa shape index (κ3) is 3.44. The monoisotopic (exact) mass is 394 g/mol. The first-order valence-corrected chi connectivity index (χ1v) is 8.43. The topological polar surface area (TPSA) is 59.1 Å². The second-order valence-electron chi connectivity index (χ2n) is 4.01. The molecule has 0 amide bonds. The van der Waals surface area contributed by atoms with Crippen LogP contribution >= 0.6 is 39.1 Å². The Morgan fingerprint density at radius 3 is 2.50 bits per heavy atom. The van der Waals surface area contributed by atoms with Gasteiger partial charge in [-0.05, 0) is 52.7 Å². The van der Waals surface area contributed by atoms with Crippen LogP contribution in [0.15, 0.2) is 40.0 Å². The molecule has 1 N–H and O–H groups in total. The molecule has 8 heteroatoms. The van der Waals surface area contributed by atoms with E-state index in [1.54, 1.807) is 6.07 Å². The molecule has 0 fully saturated rings. The quantitative estimate of drug-likeness (QED) is 0.789. The number of benzene rings is 1. The Morgan fingerprint density at radius 1 is 1.20 bits per heavy atom. The molecule has 0 bridgehead atoms. The lowest BCUT2D eigenvalue weighted by atomic mass is 10.3. The first-order chi connectivity index (χ1) is 9.29. The fourth-order valence-electron chi connectivity index (χ4n) is 1.47. The number of pyridine rings is 1. The van der Waals surface area contributed by atoms with Crippen molar-refractivity contribution in [1.82, 2.24) is 4.98 Å². The van der Waals surface area contributed by atoms with Crippen molar-refractivity contribution < 1.29 is 8.42 Å². The van der Waals surface area contributed by atoms with E-state index in [1.807, 2.05) is 6.92 Å². The summed E-state index contributed by atoms with van der Waals surface area (Å²) in [7, 11) is -3.73. The van der Waals surface area contributed by atoms with E-state index >= 15 is 0 Å². The van der Waals surface area contributed by atoms with Gasteiger partial charge in [0.25, 0.3) is 10.0 Å². The van der Waals surface area contributed by atoms with Crippen molar-refractivity contribution in [2.45, 2.75) is 11.8 Å². The Kier molecular flexibility index (Phi) is 4.59. The lowest BCUT2D eigenvalue weighted by molar-refractivity contribution is 0.601. The SMILES string of the molecule is Cc1cc(NS(=O)(=O)c2ccc(Cl)c(Cl)c2)cnc1Br. The van der Waals surface area contributed by atoms with Crippen molar-refractivity contribution in [3.63, 3.8) is 0 Å². The average Bonchev–Trinajstić information content (AvgIpc) is 2.37. The molecule has 2 aromatic rings. The number of aryl methyl sites for hydroxylation is 1. The average molecular weight is 396 g/mol. The second-order valence-corrected chi connectivity index (χ2v) is 7.26. The van der Waals surface area contributed by atoms with E-state index in [4.69, 9.17) is 23.2 Å². The zero-order valence-electron chi connectivity index (χ0n) is 10.2. The van der Waals surface area contributed by atoms with Gasteiger partial charge in [0.15, 0.2) is 0 Å². The van der Waals surface area contributed by atoms with Crippen LogP contribution in [0.25, 0.3) is 0 Å². The zero-order valence-corrected chi connectivity index (χ0v) is 14.1. The van der Waals surface area contributed by atoms with Crippen LogP contribution in [0.3, 0.4) is 0 Å². The Balaban J connectivity index is 2.35. The van der Waals surface area contributed by atoms with Gasteiger partial charge in [-0.15, -0.1) is 0 Å². The number of anilines is 1. The van der Waals surface area contributed by atoms with E-state index in [0.717, 1.165) is 5.56 Å². The van der Waals surface area contributed by atoms with Crippen LogP contribution in [-0.2, 0) is 10.0 Å². The molecular weight excluding hydrogens is 387 g/mol. The van der Waals surface area contributed by atoms with Gasteiger partial charge in [0, 0.05) is 0 Å². The molecule has 0 saturated carbocycles. The Labute approximate surface area is 135 Å². The predicted octanol–water partition coefficient (Wildman–Crippen LogP) is 4.26. The van der Waals surface area contributed by atoms with Crippen LogP contribution in [-0.4, -0.2) is 13.4 Å². The van der Waals surface area contributed by atoms with Gasteiger partial charge in [-0.2, -0.15) is 0 Å². The molecule has 0 saturated heterocycles. The number of rotatable bonds is 3. The summed E-state index contributed by atoms with van der Waals surface area (Å²) in [5, 5.41) is 0.478. The van der Waals surface area contributed by atoms with Crippen LogP contribution < -0.4 is 4.72 Å². The molecule has 0 atom stereocenters. The molecule has 1 aromatic heterocycles. The highest BCUT2D eigenvalue weighted by Gasteiger charge is 2.16. The van der Waals surface area contributed by atoms with Gasteiger partial charge >= 0.3 is 0 Å². The molecule has 4 nitrogen and oxygen atoms in total. The van der Waals surface area contributed by atoms with Crippen molar-refractivity contribution in [3.8, 4) is 0 Å². The number of aromatic nitrogens is 1. The number of nitrogens with one attached hydrogen (secondary N) is 1. The molecule has 0 aliphatic carbocycles.